The minimum atomic E-state index is -0.315. The van der Waals surface area contributed by atoms with Crippen molar-refractivity contribution >= 4 is 27.9 Å². The molecule has 120 valence electrons. The maximum atomic E-state index is 11.7. The number of aryl methyl sites for hydroxylation is 1. The second-order valence-corrected chi connectivity index (χ2v) is 5.62. The summed E-state index contributed by atoms with van der Waals surface area (Å²) in [5, 5.41) is 0. The van der Waals surface area contributed by atoms with Gasteiger partial charge in [0, 0.05) is 5.70 Å². The fraction of sp³-hybridized carbons (Fsp3) is 0.118. The second-order valence-electron chi connectivity index (χ2n) is 4.77. The number of carbonyl (C=O) groups is 1. The number of hydrogen-bond acceptors (Lipinski definition) is 4. The molecule has 0 unspecified atom stereocenters. The Balaban J connectivity index is 1.73. The average Bonchev–Trinajstić information content (AvgIpc) is 3.03. The van der Waals surface area contributed by atoms with Gasteiger partial charge in [-0.2, -0.15) is 0 Å². The highest BCUT2D eigenvalue weighted by atomic mass is 79.9. The van der Waals surface area contributed by atoms with Crippen LogP contribution in [0.1, 0.15) is 11.3 Å². The van der Waals surface area contributed by atoms with Crippen molar-refractivity contribution in [2.24, 2.45) is 0 Å². The molecule has 2 rings (SSSR count). The third kappa shape index (κ3) is 5.67. The van der Waals surface area contributed by atoms with Gasteiger partial charge in [-0.25, -0.2) is 0 Å². The van der Waals surface area contributed by atoms with Crippen LogP contribution in [-0.2, 0) is 4.79 Å². The molecule has 0 saturated heterocycles. The van der Waals surface area contributed by atoms with E-state index in [1.54, 1.807) is 24.5 Å². The Morgan fingerprint density at radius 3 is 2.91 bits per heavy atom. The number of ether oxygens (including phenoxy) is 1. The molecule has 23 heavy (non-hydrogen) atoms. The largest absolute Gasteiger partial charge is 0.483 e. The molecule has 1 aromatic heterocycles. The molecule has 5 nitrogen and oxygen atoms in total. The first-order chi connectivity index (χ1) is 11.0. The van der Waals surface area contributed by atoms with E-state index in [4.69, 9.17) is 9.15 Å². The fourth-order valence-corrected chi connectivity index (χ4v) is 2.27. The summed E-state index contributed by atoms with van der Waals surface area (Å²) >= 11 is 3.39. The highest BCUT2D eigenvalue weighted by molar-refractivity contribution is 9.10. The third-order valence-electron chi connectivity index (χ3n) is 2.80. The molecule has 0 saturated carbocycles. The minimum Gasteiger partial charge on any atom is -0.483 e. The van der Waals surface area contributed by atoms with Crippen molar-refractivity contribution in [3.05, 3.63) is 70.7 Å². The number of hydrogen-bond donors (Lipinski definition) is 2. The number of benzene rings is 1. The van der Waals surface area contributed by atoms with Gasteiger partial charge < -0.3 is 9.15 Å². The summed E-state index contributed by atoms with van der Waals surface area (Å²) < 4.78 is 11.4. The summed E-state index contributed by atoms with van der Waals surface area (Å²) in [6, 6.07) is 9.25. The number of nitrogens with one attached hydrogen (secondary N) is 2. The zero-order valence-electron chi connectivity index (χ0n) is 12.6. The van der Waals surface area contributed by atoms with Gasteiger partial charge in [-0.15, -0.1) is 0 Å². The predicted molar refractivity (Wildman–Crippen MR) is 92.5 cm³/mol. The van der Waals surface area contributed by atoms with E-state index >= 15 is 0 Å². The Kier molecular flexibility index (Phi) is 6.05. The van der Waals surface area contributed by atoms with Crippen LogP contribution in [0.2, 0.25) is 0 Å². The van der Waals surface area contributed by atoms with Gasteiger partial charge in [0.1, 0.15) is 11.5 Å². The molecule has 6 heteroatoms. The van der Waals surface area contributed by atoms with E-state index in [0.717, 1.165) is 10.0 Å². The predicted octanol–water partition coefficient (Wildman–Crippen LogP) is 3.58. The number of rotatable bonds is 7. The zero-order valence-corrected chi connectivity index (χ0v) is 14.2. The molecule has 2 N–H and O–H groups in total. The number of amides is 1. The first kappa shape index (κ1) is 16.9. The van der Waals surface area contributed by atoms with Crippen LogP contribution in [0.5, 0.6) is 5.75 Å². The van der Waals surface area contributed by atoms with E-state index in [-0.39, 0.29) is 12.5 Å². The Labute approximate surface area is 143 Å². The molecule has 1 aromatic carbocycles. The van der Waals surface area contributed by atoms with Crippen LogP contribution >= 0.6 is 15.9 Å². The van der Waals surface area contributed by atoms with E-state index in [9.17, 15) is 4.79 Å². The standard InChI is InChI=1S/C17H17BrN2O3/c1-12-5-8-16(15(18)10-12)23-11-17(21)20-19-13(2)6-7-14-4-3-9-22-14/h3-10,19H,2,11H2,1H3,(H,20,21). The number of furan rings is 1. The first-order valence-electron chi connectivity index (χ1n) is 6.89. The molecule has 0 aliphatic rings. The Hall–Kier alpha value is -2.47. The molecule has 0 fully saturated rings. The molecular formula is C17H17BrN2O3. The van der Waals surface area contributed by atoms with Crippen LogP contribution in [0.25, 0.3) is 6.08 Å². The minimum absolute atomic E-state index is 0.107. The Bertz CT molecular complexity index is 709. The number of halogens is 1. The fourth-order valence-electron chi connectivity index (χ4n) is 1.66. The zero-order chi connectivity index (χ0) is 16.7. The highest BCUT2D eigenvalue weighted by Gasteiger charge is 2.05. The summed E-state index contributed by atoms with van der Waals surface area (Å²) in [5.74, 6) is 0.999. The maximum Gasteiger partial charge on any atom is 0.276 e. The summed E-state index contributed by atoms with van der Waals surface area (Å²) in [7, 11) is 0. The van der Waals surface area contributed by atoms with Crippen LogP contribution in [0.3, 0.4) is 0 Å². The third-order valence-corrected chi connectivity index (χ3v) is 3.42. The summed E-state index contributed by atoms with van der Waals surface area (Å²) in [5.41, 5.74) is 6.82. The summed E-state index contributed by atoms with van der Waals surface area (Å²) in [6.45, 7) is 5.64. The SMILES string of the molecule is C=C(C=Cc1ccco1)NNC(=O)COc1ccc(C)cc1Br. The lowest BCUT2D eigenvalue weighted by Gasteiger charge is -2.10. The van der Waals surface area contributed by atoms with Gasteiger partial charge in [0.2, 0.25) is 0 Å². The van der Waals surface area contributed by atoms with E-state index < -0.39 is 0 Å². The topological polar surface area (TPSA) is 63.5 Å². The average molecular weight is 377 g/mol. The molecule has 0 atom stereocenters. The van der Waals surface area contributed by atoms with Gasteiger partial charge >= 0.3 is 0 Å². The molecule has 0 radical (unpaired) electrons. The van der Waals surface area contributed by atoms with Crippen LogP contribution in [0.4, 0.5) is 0 Å². The normalized spacial score (nSPS) is 10.5. The van der Waals surface area contributed by atoms with E-state index in [0.29, 0.717) is 17.2 Å². The van der Waals surface area contributed by atoms with Crippen molar-refractivity contribution < 1.29 is 13.9 Å². The van der Waals surface area contributed by atoms with Gasteiger partial charge in [0.15, 0.2) is 6.61 Å². The van der Waals surface area contributed by atoms with Gasteiger partial charge in [0.25, 0.3) is 5.91 Å². The van der Waals surface area contributed by atoms with Gasteiger partial charge in [-0.3, -0.25) is 15.6 Å². The van der Waals surface area contributed by atoms with Crippen molar-refractivity contribution in [1.82, 2.24) is 10.9 Å². The van der Waals surface area contributed by atoms with Crippen molar-refractivity contribution in [1.29, 1.82) is 0 Å². The molecule has 2 aromatic rings. The number of allylic oxidation sites excluding steroid dienone is 1. The van der Waals surface area contributed by atoms with Crippen LogP contribution < -0.4 is 15.6 Å². The van der Waals surface area contributed by atoms with E-state index in [1.807, 2.05) is 31.2 Å². The van der Waals surface area contributed by atoms with Gasteiger partial charge in [0.05, 0.1) is 10.7 Å². The van der Waals surface area contributed by atoms with E-state index in [2.05, 4.69) is 33.4 Å². The lowest BCUT2D eigenvalue weighted by atomic mass is 10.2. The molecule has 1 amide bonds. The lowest BCUT2D eigenvalue weighted by Crippen LogP contribution is -2.39. The molecule has 0 aliphatic heterocycles. The smallest absolute Gasteiger partial charge is 0.276 e. The molecule has 1 heterocycles. The van der Waals surface area contributed by atoms with E-state index in [1.165, 1.54) is 0 Å². The van der Waals surface area contributed by atoms with Crippen molar-refractivity contribution in [2.75, 3.05) is 6.61 Å². The van der Waals surface area contributed by atoms with Gasteiger partial charge in [-0.1, -0.05) is 12.6 Å². The van der Waals surface area contributed by atoms with Crippen molar-refractivity contribution in [3.8, 4) is 5.75 Å². The first-order valence-corrected chi connectivity index (χ1v) is 7.68. The summed E-state index contributed by atoms with van der Waals surface area (Å²) in [6.07, 6.45) is 5.01. The second kappa shape index (κ2) is 8.24. The Morgan fingerprint density at radius 1 is 1.39 bits per heavy atom. The van der Waals surface area contributed by atoms with Crippen LogP contribution in [0.15, 0.2) is 63.8 Å². The highest BCUT2D eigenvalue weighted by Crippen LogP contribution is 2.25. The molecular weight excluding hydrogens is 360 g/mol. The number of hydrazine groups is 1. The van der Waals surface area contributed by atoms with Crippen molar-refractivity contribution in [3.63, 3.8) is 0 Å². The molecule has 0 aliphatic carbocycles. The molecule has 0 spiro atoms. The summed E-state index contributed by atoms with van der Waals surface area (Å²) in [4.78, 5) is 11.7. The van der Waals surface area contributed by atoms with Crippen LogP contribution in [-0.4, -0.2) is 12.5 Å². The maximum absolute atomic E-state index is 11.7. The van der Waals surface area contributed by atoms with Crippen LogP contribution in [0, 0.1) is 6.92 Å². The Morgan fingerprint density at radius 2 is 2.22 bits per heavy atom. The molecule has 0 bridgehead atoms. The quantitative estimate of drug-likeness (QED) is 0.572. The lowest BCUT2D eigenvalue weighted by molar-refractivity contribution is -0.123. The monoisotopic (exact) mass is 376 g/mol. The van der Waals surface area contributed by atoms with Crippen molar-refractivity contribution in [2.45, 2.75) is 6.92 Å². The number of carbonyl (C=O) groups excluding carboxylic acids is 1. The van der Waals surface area contributed by atoms with Gasteiger partial charge in [-0.05, 0) is 64.8 Å².